The van der Waals surface area contributed by atoms with E-state index in [9.17, 15) is 14.4 Å². The van der Waals surface area contributed by atoms with Crippen molar-refractivity contribution in [2.24, 2.45) is 0 Å². The van der Waals surface area contributed by atoms with Gasteiger partial charge in [-0.25, -0.2) is 4.79 Å². The smallest absolute Gasteiger partial charge is 0.344 e. The van der Waals surface area contributed by atoms with Crippen LogP contribution in [0, 0.1) is 0 Å². The first-order chi connectivity index (χ1) is 13.9. The van der Waals surface area contributed by atoms with Crippen LogP contribution in [0.5, 0.6) is 11.5 Å². The van der Waals surface area contributed by atoms with E-state index in [4.69, 9.17) is 9.47 Å². The molecule has 1 aromatic carbocycles. The molecule has 0 unspecified atom stereocenters. The maximum atomic E-state index is 12.7. The number of hydrogen-bond acceptors (Lipinski definition) is 6. The Bertz CT molecular complexity index is 791. The molecule has 0 bridgehead atoms. The van der Waals surface area contributed by atoms with Crippen molar-refractivity contribution in [2.45, 2.75) is 44.2 Å². The summed E-state index contributed by atoms with van der Waals surface area (Å²) in [5.74, 6) is 0.539. The van der Waals surface area contributed by atoms with E-state index in [0.29, 0.717) is 30.9 Å². The highest BCUT2D eigenvalue weighted by atomic mass is 16.5. The van der Waals surface area contributed by atoms with E-state index < -0.39 is 17.5 Å². The molecule has 0 radical (unpaired) electrons. The molecule has 1 aliphatic carbocycles. The van der Waals surface area contributed by atoms with Gasteiger partial charge in [0.15, 0.2) is 0 Å². The van der Waals surface area contributed by atoms with Crippen LogP contribution in [0.2, 0.25) is 0 Å². The van der Waals surface area contributed by atoms with Crippen LogP contribution in [0.15, 0.2) is 18.2 Å². The normalized spacial score (nSPS) is 18.1. The Labute approximate surface area is 170 Å². The Kier molecular flexibility index (Phi) is 6.26. The Hall–Kier alpha value is -2.81. The number of carbonyl (C=O) groups is 3. The number of likely N-dealkylation sites (N-methyl/N-ethyl adjacent to an activating group) is 1. The SMILES string of the molecule is COc1ccc(CN(C)CC(=O)NN2C(=O)NC3(CCCCC3)C2=O)c(OC)c1. The number of urea groups is 1. The summed E-state index contributed by atoms with van der Waals surface area (Å²) in [6, 6.07) is 4.91. The minimum Gasteiger partial charge on any atom is -0.497 e. The first-order valence-corrected chi connectivity index (χ1v) is 9.74. The second kappa shape index (κ2) is 8.69. The molecule has 2 aliphatic rings. The topological polar surface area (TPSA) is 100 Å². The van der Waals surface area contributed by atoms with E-state index >= 15 is 0 Å². The van der Waals surface area contributed by atoms with Crippen molar-refractivity contribution >= 4 is 17.8 Å². The number of carbonyl (C=O) groups excluding carboxylic acids is 3. The van der Waals surface area contributed by atoms with E-state index in [1.54, 1.807) is 32.2 Å². The largest absolute Gasteiger partial charge is 0.497 e. The highest BCUT2D eigenvalue weighted by Crippen LogP contribution is 2.33. The third-order valence-corrected chi connectivity index (χ3v) is 5.45. The minimum atomic E-state index is -0.856. The molecule has 1 saturated heterocycles. The molecule has 2 fully saturated rings. The van der Waals surface area contributed by atoms with E-state index in [0.717, 1.165) is 29.8 Å². The molecule has 2 N–H and O–H groups in total. The average Bonchev–Trinajstić information content (AvgIpc) is 2.92. The van der Waals surface area contributed by atoms with Gasteiger partial charge in [0.1, 0.15) is 17.0 Å². The zero-order valence-corrected chi connectivity index (χ0v) is 17.1. The van der Waals surface area contributed by atoms with Gasteiger partial charge in [-0.2, -0.15) is 5.01 Å². The highest BCUT2D eigenvalue weighted by Gasteiger charge is 2.52. The summed E-state index contributed by atoms with van der Waals surface area (Å²) in [5.41, 5.74) is 2.49. The lowest BCUT2D eigenvalue weighted by atomic mass is 9.82. The third-order valence-electron chi connectivity index (χ3n) is 5.45. The standard InChI is InChI=1S/C20H28N4O5/c1-23(12-14-7-8-15(28-2)11-16(14)29-3)13-17(25)22-24-18(26)20(21-19(24)27)9-5-4-6-10-20/h7-8,11H,4-6,9-10,12-13H2,1-3H3,(H,21,27)(H,22,25). The quantitative estimate of drug-likeness (QED) is 0.667. The average molecular weight is 404 g/mol. The number of ether oxygens (including phenoxy) is 2. The molecule has 1 saturated carbocycles. The van der Waals surface area contributed by atoms with E-state index in [-0.39, 0.29) is 12.5 Å². The molecule has 3 rings (SSSR count). The summed E-state index contributed by atoms with van der Waals surface area (Å²) in [5, 5.41) is 3.60. The summed E-state index contributed by atoms with van der Waals surface area (Å²) in [4.78, 5) is 39.2. The van der Waals surface area contributed by atoms with E-state index in [1.807, 2.05) is 12.1 Å². The van der Waals surface area contributed by atoms with Crippen LogP contribution in [-0.2, 0) is 16.1 Å². The van der Waals surface area contributed by atoms with Gasteiger partial charge in [-0.1, -0.05) is 25.3 Å². The van der Waals surface area contributed by atoms with Crippen LogP contribution >= 0.6 is 0 Å². The summed E-state index contributed by atoms with van der Waals surface area (Å²) >= 11 is 0. The monoisotopic (exact) mass is 404 g/mol. The molecule has 9 nitrogen and oxygen atoms in total. The zero-order chi connectivity index (χ0) is 21.0. The Balaban J connectivity index is 1.58. The molecule has 1 aliphatic heterocycles. The van der Waals surface area contributed by atoms with Gasteiger partial charge in [0.05, 0.1) is 20.8 Å². The number of hydrazine groups is 1. The minimum absolute atomic E-state index is 0.0131. The van der Waals surface area contributed by atoms with E-state index in [1.165, 1.54) is 0 Å². The van der Waals surface area contributed by atoms with Gasteiger partial charge in [-0.15, -0.1) is 0 Å². The zero-order valence-electron chi connectivity index (χ0n) is 17.1. The van der Waals surface area contributed by atoms with Gasteiger partial charge in [-0.3, -0.25) is 19.9 Å². The number of benzene rings is 1. The van der Waals surface area contributed by atoms with Crippen molar-refractivity contribution in [3.63, 3.8) is 0 Å². The van der Waals surface area contributed by atoms with Crippen molar-refractivity contribution in [1.29, 1.82) is 0 Å². The van der Waals surface area contributed by atoms with Crippen LogP contribution in [0.1, 0.15) is 37.7 Å². The maximum absolute atomic E-state index is 12.7. The van der Waals surface area contributed by atoms with Crippen molar-refractivity contribution < 1.29 is 23.9 Å². The first kappa shape index (κ1) is 20.9. The van der Waals surface area contributed by atoms with Gasteiger partial charge >= 0.3 is 6.03 Å². The van der Waals surface area contributed by atoms with Crippen LogP contribution in [-0.4, -0.2) is 61.1 Å². The van der Waals surface area contributed by atoms with Gasteiger partial charge < -0.3 is 14.8 Å². The van der Waals surface area contributed by atoms with Crippen molar-refractivity contribution in [2.75, 3.05) is 27.8 Å². The summed E-state index contributed by atoms with van der Waals surface area (Å²) < 4.78 is 10.6. The molecule has 0 atom stereocenters. The first-order valence-electron chi connectivity index (χ1n) is 9.74. The lowest BCUT2D eigenvalue weighted by Gasteiger charge is -2.30. The third kappa shape index (κ3) is 4.45. The van der Waals surface area contributed by atoms with Crippen LogP contribution in [0.25, 0.3) is 0 Å². The van der Waals surface area contributed by atoms with Gasteiger partial charge in [0.2, 0.25) is 0 Å². The molecular weight excluding hydrogens is 376 g/mol. The Morgan fingerprint density at radius 3 is 2.59 bits per heavy atom. The molecule has 158 valence electrons. The van der Waals surface area contributed by atoms with Crippen molar-refractivity contribution in [3.8, 4) is 11.5 Å². The second-order valence-electron chi connectivity index (χ2n) is 7.60. The second-order valence-corrected chi connectivity index (χ2v) is 7.60. The number of hydrogen-bond donors (Lipinski definition) is 2. The maximum Gasteiger partial charge on any atom is 0.344 e. The molecule has 1 aromatic rings. The lowest BCUT2D eigenvalue weighted by molar-refractivity contribution is -0.140. The van der Waals surface area contributed by atoms with Crippen molar-refractivity contribution in [3.05, 3.63) is 23.8 Å². The van der Waals surface area contributed by atoms with Gasteiger partial charge in [0, 0.05) is 18.2 Å². The molecule has 4 amide bonds. The number of nitrogens with one attached hydrogen (secondary N) is 2. The summed E-state index contributed by atoms with van der Waals surface area (Å²) in [6.07, 6.45) is 4.06. The van der Waals surface area contributed by atoms with Gasteiger partial charge in [0.25, 0.3) is 11.8 Å². The summed E-state index contributed by atoms with van der Waals surface area (Å²) in [7, 11) is 4.93. The Morgan fingerprint density at radius 1 is 1.21 bits per heavy atom. The number of rotatable bonds is 7. The molecule has 0 aromatic heterocycles. The number of methoxy groups -OCH3 is 2. The van der Waals surface area contributed by atoms with E-state index in [2.05, 4.69) is 10.7 Å². The predicted molar refractivity (Wildman–Crippen MR) is 105 cm³/mol. The fourth-order valence-corrected chi connectivity index (χ4v) is 3.95. The van der Waals surface area contributed by atoms with Gasteiger partial charge in [-0.05, 0) is 26.0 Å². The van der Waals surface area contributed by atoms with Crippen LogP contribution < -0.4 is 20.2 Å². The number of nitrogens with zero attached hydrogens (tertiary/aromatic N) is 2. The molecule has 1 heterocycles. The molecule has 9 heteroatoms. The fraction of sp³-hybridized carbons (Fsp3) is 0.550. The molecule has 29 heavy (non-hydrogen) atoms. The van der Waals surface area contributed by atoms with Crippen LogP contribution in [0.3, 0.4) is 0 Å². The molecular formula is C20H28N4O5. The lowest BCUT2D eigenvalue weighted by Crippen LogP contribution is -2.52. The summed E-state index contributed by atoms with van der Waals surface area (Å²) in [6.45, 7) is 0.462. The number of amides is 4. The highest BCUT2D eigenvalue weighted by molar-refractivity contribution is 6.08. The fourth-order valence-electron chi connectivity index (χ4n) is 3.95. The Morgan fingerprint density at radius 2 is 1.93 bits per heavy atom. The van der Waals surface area contributed by atoms with Crippen LogP contribution in [0.4, 0.5) is 4.79 Å². The molecule has 1 spiro atoms. The van der Waals surface area contributed by atoms with Crippen molar-refractivity contribution in [1.82, 2.24) is 20.7 Å². The predicted octanol–water partition coefficient (Wildman–Crippen LogP) is 1.42. The number of imide groups is 1.